The molecular formula is C23H34O4. The maximum Gasteiger partial charge on any atom is 0.303 e. The Morgan fingerprint density at radius 1 is 1.00 bits per heavy atom. The van der Waals surface area contributed by atoms with Crippen molar-refractivity contribution < 1.29 is 19.1 Å². The van der Waals surface area contributed by atoms with Crippen molar-refractivity contribution in [2.24, 2.45) is 40.4 Å². The average Bonchev–Trinajstić information content (AvgIpc) is 2.97. The zero-order valence-electron chi connectivity index (χ0n) is 17.1. The Morgan fingerprint density at radius 2 is 1.74 bits per heavy atom. The van der Waals surface area contributed by atoms with Crippen LogP contribution in [0.2, 0.25) is 0 Å². The van der Waals surface area contributed by atoms with Crippen LogP contribution in [0, 0.1) is 40.4 Å². The molecule has 0 aromatic carbocycles. The third-order valence-electron chi connectivity index (χ3n) is 9.29. The second-order valence-electron chi connectivity index (χ2n) is 10.3. The number of rotatable bonds is 3. The first-order valence-electron chi connectivity index (χ1n) is 10.9. The van der Waals surface area contributed by atoms with Gasteiger partial charge in [0.05, 0.1) is 0 Å². The maximum absolute atomic E-state index is 12.8. The van der Waals surface area contributed by atoms with Crippen LogP contribution in [-0.2, 0) is 19.1 Å². The first kappa shape index (κ1) is 19.1. The van der Waals surface area contributed by atoms with Gasteiger partial charge in [-0.15, -0.1) is 0 Å². The van der Waals surface area contributed by atoms with Crippen molar-refractivity contribution in [3.05, 3.63) is 0 Å². The lowest BCUT2D eigenvalue weighted by atomic mass is 9.44. The predicted molar refractivity (Wildman–Crippen MR) is 102 cm³/mol. The molecule has 0 aromatic rings. The minimum atomic E-state index is -0.371. The van der Waals surface area contributed by atoms with E-state index >= 15 is 0 Å². The largest absolute Gasteiger partial charge is 0.458 e. The molecule has 0 aromatic heterocycles. The summed E-state index contributed by atoms with van der Waals surface area (Å²) in [7, 11) is 0. The van der Waals surface area contributed by atoms with Crippen LogP contribution >= 0.6 is 0 Å². The summed E-state index contributed by atoms with van der Waals surface area (Å²) in [6, 6.07) is 0. The molecule has 0 amide bonds. The van der Waals surface area contributed by atoms with Crippen LogP contribution in [0.4, 0.5) is 0 Å². The van der Waals surface area contributed by atoms with Crippen molar-refractivity contribution in [2.45, 2.75) is 78.6 Å². The third kappa shape index (κ3) is 2.98. The minimum Gasteiger partial charge on any atom is -0.458 e. The van der Waals surface area contributed by atoms with E-state index in [2.05, 4.69) is 13.8 Å². The molecule has 0 N–H and O–H groups in total. The van der Waals surface area contributed by atoms with Gasteiger partial charge in [0.25, 0.3) is 0 Å². The second-order valence-corrected chi connectivity index (χ2v) is 10.3. The minimum absolute atomic E-state index is 0.0428. The molecule has 0 radical (unpaired) electrons. The van der Waals surface area contributed by atoms with E-state index in [0.29, 0.717) is 34.9 Å². The van der Waals surface area contributed by atoms with Crippen LogP contribution in [0.3, 0.4) is 0 Å². The van der Waals surface area contributed by atoms with Crippen LogP contribution in [0.1, 0.15) is 78.6 Å². The number of carbonyl (C=O) groups is 3. The Hall–Kier alpha value is -1.19. The first-order chi connectivity index (χ1) is 12.8. The number of hydrogen-bond donors (Lipinski definition) is 0. The summed E-state index contributed by atoms with van der Waals surface area (Å²) >= 11 is 0. The van der Waals surface area contributed by atoms with E-state index in [1.54, 1.807) is 0 Å². The van der Waals surface area contributed by atoms with Crippen molar-refractivity contribution in [3.8, 4) is 0 Å². The van der Waals surface area contributed by atoms with Gasteiger partial charge >= 0.3 is 5.97 Å². The third-order valence-corrected chi connectivity index (χ3v) is 9.29. The number of carbonyl (C=O) groups excluding carboxylic acids is 3. The van der Waals surface area contributed by atoms with E-state index in [4.69, 9.17) is 4.74 Å². The van der Waals surface area contributed by atoms with Crippen molar-refractivity contribution >= 4 is 17.5 Å². The lowest BCUT2D eigenvalue weighted by Crippen LogP contribution is -2.54. The Labute approximate surface area is 162 Å². The van der Waals surface area contributed by atoms with Gasteiger partial charge in [-0.05, 0) is 79.4 Å². The van der Waals surface area contributed by atoms with Gasteiger partial charge in [0.1, 0.15) is 12.4 Å². The van der Waals surface area contributed by atoms with Crippen molar-refractivity contribution in [3.63, 3.8) is 0 Å². The smallest absolute Gasteiger partial charge is 0.303 e. The van der Waals surface area contributed by atoms with Gasteiger partial charge in [-0.2, -0.15) is 0 Å². The van der Waals surface area contributed by atoms with E-state index in [0.717, 1.165) is 38.5 Å². The van der Waals surface area contributed by atoms with E-state index in [9.17, 15) is 14.4 Å². The molecule has 0 aliphatic heterocycles. The molecule has 0 saturated heterocycles. The highest BCUT2D eigenvalue weighted by Crippen LogP contribution is 2.67. The molecule has 4 heteroatoms. The van der Waals surface area contributed by atoms with Crippen LogP contribution in [0.25, 0.3) is 0 Å². The molecule has 4 aliphatic rings. The van der Waals surface area contributed by atoms with Crippen LogP contribution in [0.5, 0.6) is 0 Å². The Bertz CT molecular complexity index is 655. The molecule has 4 rings (SSSR count). The predicted octanol–water partition coefficient (Wildman–Crippen LogP) is 4.35. The Morgan fingerprint density at radius 3 is 2.48 bits per heavy atom. The molecule has 4 nitrogen and oxygen atoms in total. The van der Waals surface area contributed by atoms with Gasteiger partial charge in [-0.1, -0.05) is 13.8 Å². The summed E-state index contributed by atoms with van der Waals surface area (Å²) in [5.74, 6) is 2.86. The molecular weight excluding hydrogens is 340 g/mol. The van der Waals surface area contributed by atoms with E-state index in [1.807, 2.05) is 0 Å². The van der Waals surface area contributed by atoms with Gasteiger partial charge in [-0.3, -0.25) is 14.4 Å². The summed E-state index contributed by atoms with van der Waals surface area (Å²) < 4.78 is 5.02. The molecule has 27 heavy (non-hydrogen) atoms. The molecule has 150 valence electrons. The zero-order chi connectivity index (χ0) is 19.4. The SMILES string of the molecule is CC(=O)OCC(=O)[C@H]1CC[C@H]2[C@@H]3CC[C@H]4CC(=O)CC[C@]4(C)[C@H]3CC[C@]12C. The highest BCUT2D eigenvalue weighted by molar-refractivity contribution is 5.85. The zero-order valence-corrected chi connectivity index (χ0v) is 17.1. The van der Waals surface area contributed by atoms with Gasteiger partial charge in [0.15, 0.2) is 5.78 Å². The lowest BCUT2D eigenvalue weighted by molar-refractivity contribution is -0.151. The van der Waals surface area contributed by atoms with Crippen molar-refractivity contribution in [2.75, 3.05) is 6.61 Å². The van der Waals surface area contributed by atoms with E-state index < -0.39 is 0 Å². The number of fused-ring (bicyclic) bond motifs is 5. The molecule has 4 aliphatic carbocycles. The molecule has 4 saturated carbocycles. The molecule has 0 spiro atoms. The van der Waals surface area contributed by atoms with Crippen LogP contribution in [0.15, 0.2) is 0 Å². The van der Waals surface area contributed by atoms with Crippen LogP contribution < -0.4 is 0 Å². The molecule has 0 unspecified atom stereocenters. The second kappa shape index (κ2) is 6.70. The molecule has 4 fully saturated rings. The Balaban J connectivity index is 1.53. The summed E-state index contributed by atoms with van der Waals surface area (Å²) in [5.41, 5.74) is 0.379. The number of ketones is 2. The molecule has 0 heterocycles. The highest BCUT2D eigenvalue weighted by atomic mass is 16.5. The molecule has 7 atom stereocenters. The maximum atomic E-state index is 12.8. The fraction of sp³-hybridized carbons (Fsp3) is 0.870. The van der Waals surface area contributed by atoms with Crippen LogP contribution in [-0.4, -0.2) is 24.1 Å². The number of hydrogen-bond acceptors (Lipinski definition) is 4. The normalized spacial score (nSPS) is 46.2. The van der Waals surface area contributed by atoms with Gasteiger partial charge < -0.3 is 4.74 Å². The topological polar surface area (TPSA) is 60.4 Å². The number of esters is 1. The fourth-order valence-corrected chi connectivity index (χ4v) is 7.85. The van der Waals surface area contributed by atoms with E-state index in [-0.39, 0.29) is 29.7 Å². The van der Waals surface area contributed by atoms with Gasteiger partial charge in [-0.25, -0.2) is 0 Å². The summed E-state index contributed by atoms with van der Waals surface area (Å²) in [6.07, 6.45) is 9.41. The fourth-order valence-electron chi connectivity index (χ4n) is 7.85. The average molecular weight is 375 g/mol. The quantitative estimate of drug-likeness (QED) is 0.689. The monoisotopic (exact) mass is 374 g/mol. The van der Waals surface area contributed by atoms with Gasteiger partial charge in [0, 0.05) is 25.7 Å². The summed E-state index contributed by atoms with van der Waals surface area (Å²) in [5, 5.41) is 0. The standard InChI is InChI=1S/C23H34O4/c1-14(24)27-13-21(26)20-7-6-18-17-5-4-15-12-16(25)8-10-22(15,2)19(17)9-11-23(18,20)3/h15,17-20H,4-13H2,1-3H3/t15-,17-,18-,19-,20+,22-,23-/m0/s1. The number of ether oxygens (including phenoxy) is 1. The highest BCUT2D eigenvalue weighted by Gasteiger charge is 2.61. The van der Waals surface area contributed by atoms with E-state index in [1.165, 1.54) is 26.2 Å². The van der Waals surface area contributed by atoms with Crippen molar-refractivity contribution in [1.82, 2.24) is 0 Å². The number of Topliss-reactive ketones (excluding diaryl/α,β-unsaturated/α-hetero) is 2. The molecule has 0 bridgehead atoms. The summed E-state index contributed by atoms with van der Waals surface area (Å²) in [4.78, 5) is 35.9. The van der Waals surface area contributed by atoms with Gasteiger partial charge in [0.2, 0.25) is 0 Å². The summed E-state index contributed by atoms with van der Waals surface area (Å²) in [6.45, 7) is 6.10. The van der Waals surface area contributed by atoms with Crippen molar-refractivity contribution in [1.29, 1.82) is 0 Å². The Kier molecular flexibility index (Phi) is 4.75. The lowest BCUT2D eigenvalue weighted by Gasteiger charge is -2.60. The first-order valence-corrected chi connectivity index (χ1v) is 10.9.